The number of fused-ring (bicyclic) bond motifs is 1. The summed E-state index contributed by atoms with van der Waals surface area (Å²) in [5.74, 6) is 0. The minimum atomic E-state index is 0.700. The van der Waals surface area contributed by atoms with E-state index in [1.54, 1.807) is 11.1 Å². The van der Waals surface area contributed by atoms with E-state index in [1.807, 2.05) is 0 Å². The van der Waals surface area contributed by atoms with E-state index in [1.165, 1.54) is 45.2 Å². The number of piperazine rings is 1. The molecule has 2 nitrogen and oxygen atoms in total. The average Bonchev–Trinajstić information content (AvgIpc) is 2.91. The lowest BCUT2D eigenvalue weighted by atomic mass is 10.00. The first kappa shape index (κ1) is 14.1. The van der Waals surface area contributed by atoms with Crippen LogP contribution in [0.1, 0.15) is 44.2 Å². The van der Waals surface area contributed by atoms with Crippen LogP contribution in [-0.2, 0) is 12.8 Å². The maximum Gasteiger partial charge on any atom is 0.0221 e. The van der Waals surface area contributed by atoms with Crippen LogP contribution in [0.25, 0.3) is 0 Å². The standard InChI is InChI=1S/C18H28N2/c1-3-7-16-13-20(17(4-2)12-19-16)18-10-14-8-5-6-9-15(14)11-18/h5-6,8-9,16-19H,3-4,7,10-13H2,1-2H3. The zero-order valence-corrected chi connectivity index (χ0v) is 12.9. The lowest BCUT2D eigenvalue weighted by Gasteiger charge is -2.43. The number of rotatable bonds is 4. The molecule has 110 valence electrons. The SMILES string of the molecule is CCCC1CN(C2Cc3ccccc3C2)C(CC)CN1. The van der Waals surface area contributed by atoms with E-state index in [9.17, 15) is 0 Å². The second-order valence-corrected chi connectivity index (χ2v) is 6.48. The molecule has 1 aliphatic carbocycles. The summed E-state index contributed by atoms with van der Waals surface area (Å²) in [6.45, 7) is 7.05. The molecule has 0 aromatic heterocycles. The van der Waals surface area contributed by atoms with Crippen molar-refractivity contribution in [3.05, 3.63) is 35.4 Å². The minimum Gasteiger partial charge on any atom is -0.311 e. The first-order chi connectivity index (χ1) is 9.81. The molecule has 1 aromatic carbocycles. The van der Waals surface area contributed by atoms with Gasteiger partial charge in [-0.3, -0.25) is 4.90 Å². The number of nitrogens with one attached hydrogen (secondary N) is 1. The van der Waals surface area contributed by atoms with Crippen LogP contribution < -0.4 is 5.32 Å². The van der Waals surface area contributed by atoms with Crippen molar-refractivity contribution in [2.75, 3.05) is 13.1 Å². The Hall–Kier alpha value is -0.860. The van der Waals surface area contributed by atoms with E-state index in [0.717, 1.165) is 12.1 Å². The molecule has 2 heteroatoms. The summed E-state index contributed by atoms with van der Waals surface area (Å²) in [7, 11) is 0. The Morgan fingerprint density at radius 1 is 1.15 bits per heavy atom. The van der Waals surface area contributed by atoms with Gasteiger partial charge in [-0.2, -0.15) is 0 Å². The predicted octanol–water partition coefficient (Wildman–Crippen LogP) is 3.01. The monoisotopic (exact) mass is 272 g/mol. The normalized spacial score (nSPS) is 27.7. The Balaban J connectivity index is 1.71. The lowest BCUT2D eigenvalue weighted by molar-refractivity contribution is 0.0801. The van der Waals surface area contributed by atoms with Gasteiger partial charge in [-0.1, -0.05) is 44.5 Å². The molecular weight excluding hydrogens is 244 g/mol. The number of hydrogen-bond donors (Lipinski definition) is 1. The fourth-order valence-electron chi connectivity index (χ4n) is 4.03. The molecule has 0 amide bonds. The van der Waals surface area contributed by atoms with Crippen molar-refractivity contribution in [3.8, 4) is 0 Å². The van der Waals surface area contributed by atoms with Gasteiger partial charge in [-0.15, -0.1) is 0 Å². The molecule has 0 saturated carbocycles. The molecule has 0 spiro atoms. The van der Waals surface area contributed by atoms with Crippen LogP contribution in [0.3, 0.4) is 0 Å². The number of nitrogens with zero attached hydrogens (tertiary/aromatic N) is 1. The van der Waals surface area contributed by atoms with Crippen molar-refractivity contribution in [1.29, 1.82) is 0 Å². The second-order valence-electron chi connectivity index (χ2n) is 6.48. The third-order valence-corrected chi connectivity index (χ3v) is 5.15. The zero-order valence-electron chi connectivity index (χ0n) is 12.9. The van der Waals surface area contributed by atoms with E-state index in [4.69, 9.17) is 0 Å². The lowest BCUT2D eigenvalue weighted by Crippen LogP contribution is -2.59. The summed E-state index contributed by atoms with van der Waals surface area (Å²) in [5, 5.41) is 3.75. The molecule has 0 radical (unpaired) electrons. The third-order valence-electron chi connectivity index (χ3n) is 5.15. The maximum absolute atomic E-state index is 3.75. The van der Waals surface area contributed by atoms with Gasteiger partial charge in [0.25, 0.3) is 0 Å². The quantitative estimate of drug-likeness (QED) is 0.906. The van der Waals surface area contributed by atoms with Crippen LogP contribution >= 0.6 is 0 Å². The summed E-state index contributed by atoms with van der Waals surface area (Å²) >= 11 is 0. The molecule has 1 fully saturated rings. The number of hydrogen-bond acceptors (Lipinski definition) is 2. The molecule has 2 atom stereocenters. The zero-order chi connectivity index (χ0) is 13.9. The summed E-state index contributed by atoms with van der Waals surface area (Å²) in [6, 6.07) is 11.2. The molecule has 20 heavy (non-hydrogen) atoms. The molecule has 2 unspecified atom stereocenters. The minimum absolute atomic E-state index is 0.700. The van der Waals surface area contributed by atoms with Crippen LogP contribution in [-0.4, -0.2) is 36.1 Å². The highest BCUT2D eigenvalue weighted by Gasteiger charge is 2.34. The van der Waals surface area contributed by atoms with Crippen molar-refractivity contribution in [2.45, 2.75) is 64.1 Å². The van der Waals surface area contributed by atoms with Gasteiger partial charge in [0, 0.05) is 31.2 Å². The Bertz CT molecular complexity index is 418. The van der Waals surface area contributed by atoms with Crippen LogP contribution in [0.5, 0.6) is 0 Å². The summed E-state index contributed by atoms with van der Waals surface area (Å²) < 4.78 is 0. The van der Waals surface area contributed by atoms with Gasteiger partial charge < -0.3 is 5.32 Å². The van der Waals surface area contributed by atoms with Crippen molar-refractivity contribution < 1.29 is 0 Å². The Labute approximate surface area is 123 Å². The Morgan fingerprint density at radius 2 is 1.85 bits per heavy atom. The molecular formula is C18H28N2. The van der Waals surface area contributed by atoms with Crippen molar-refractivity contribution >= 4 is 0 Å². The van der Waals surface area contributed by atoms with E-state index < -0.39 is 0 Å². The van der Waals surface area contributed by atoms with Gasteiger partial charge in [-0.25, -0.2) is 0 Å². The highest BCUT2D eigenvalue weighted by Crippen LogP contribution is 2.28. The van der Waals surface area contributed by atoms with Crippen LogP contribution in [0, 0.1) is 0 Å². The van der Waals surface area contributed by atoms with Crippen molar-refractivity contribution in [3.63, 3.8) is 0 Å². The Kier molecular flexibility index (Phi) is 4.42. The molecule has 1 aliphatic heterocycles. The maximum atomic E-state index is 3.75. The van der Waals surface area contributed by atoms with Gasteiger partial charge in [0.2, 0.25) is 0 Å². The highest BCUT2D eigenvalue weighted by atomic mass is 15.3. The summed E-state index contributed by atoms with van der Waals surface area (Å²) in [5.41, 5.74) is 3.16. The van der Waals surface area contributed by atoms with Crippen molar-refractivity contribution in [2.24, 2.45) is 0 Å². The first-order valence-electron chi connectivity index (χ1n) is 8.37. The molecule has 3 rings (SSSR count). The fraction of sp³-hybridized carbons (Fsp3) is 0.667. The van der Waals surface area contributed by atoms with Crippen LogP contribution in [0.15, 0.2) is 24.3 Å². The highest BCUT2D eigenvalue weighted by molar-refractivity contribution is 5.33. The topological polar surface area (TPSA) is 15.3 Å². The second kappa shape index (κ2) is 6.28. The van der Waals surface area contributed by atoms with Gasteiger partial charge >= 0.3 is 0 Å². The van der Waals surface area contributed by atoms with Crippen LogP contribution in [0.2, 0.25) is 0 Å². The molecule has 1 saturated heterocycles. The van der Waals surface area contributed by atoms with Gasteiger partial charge in [0.1, 0.15) is 0 Å². The number of benzene rings is 1. The molecule has 1 aromatic rings. The molecule has 0 bridgehead atoms. The van der Waals surface area contributed by atoms with E-state index in [0.29, 0.717) is 6.04 Å². The first-order valence-corrected chi connectivity index (χ1v) is 8.37. The van der Waals surface area contributed by atoms with E-state index >= 15 is 0 Å². The molecule has 1 N–H and O–H groups in total. The smallest absolute Gasteiger partial charge is 0.0221 e. The van der Waals surface area contributed by atoms with Gasteiger partial charge in [0.05, 0.1) is 0 Å². The third kappa shape index (κ3) is 2.77. The average molecular weight is 272 g/mol. The predicted molar refractivity (Wildman–Crippen MR) is 85.1 cm³/mol. The van der Waals surface area contributed by atoms with Gasteiger partial charge in [0.15, 0.2) is 0 Å². The summed E-state index contributed by atoms with van der Waals surface area (Å²) in [4.78, 5) is 2.82. The van der Waals surface area contributed by atoms with E-state index in [2.05, 4.69) is 48.3 Å². The van der Waals surface area contributed by atoms with Crippen LogP contribution in [0.4, 0.5) is 0 Å². The molecule has 1 heterocycles. The van der Waals surface area contributed by atoms with Gasteiger partial charge in [-0.05, 0) is 36.8 Å². The molecule has 2 aliphatic rings. The Morgan fingerprint density at radius 3 is 2.45 bits per heavy atom. The van der Waals surface area contributed by atoms with E-state index in [-0.39, 0.29) is 0 Å². The largest absolute Gasteiger partial charge is 0.311 e. The summed E-state index contributed by atoms with van der Waals surface area (Å²) in [6.07, 6.45) is 6.37. The fourth-order valence-corrected chi connectivity index (χ4v) is 4.03. The van der Waals surface area contributed by atoms with Crippen molar-refractivity contribution in [1.82, 2.24) is 10.2 Å².